The van der Waals surface area contributed by atoms with Gasteiger partial charge in [0, 0.05) is 31.3 Å². The van der Waals surface area contributed by atoms with E-state index < -0.39 is 22.0 Å². The van der Waals surface area contributed by atoms with Crippen molar-refractivity contribution in [1.29, 1.82) is 0 Å². The van der Waals surface area contributed by atoms with E-state index in [0.717, 1.165) is 18.2 Å². The van der Waals surface area contributed by atoms with E-state index in [9.17, 15) is 19.3 Å². The molecule has 1 heterocycles. The Labute approximate surface area is 115 Å². The van der Waals surface area contributed by atoms with Crippen molar-refractivity contribution in [2.75, 3.05) is 19.6 Å². The molecule has 108 valence electrons. The van der Waals surface area contributed by atoms with Crippen molar-refractivity contribution in [1.82, 2.24) is 10.2 Å². The van der Waals surface area contributed by atoms with Crippen LogP contribution in [0.1, 0.15) is 24.2 Å². The first-order valence-electron chi connectivity index (χ1n) is 6.29. The number of non-ortho nitro benzene ring substituents is 1. The molecule has 0 unspecified atom stereocenters. The summed E-state index contributed by atoms with van der Waals surface area (Å²) >= 11 is 0. The first-order chi connectivity index (χ1) is 9.31. The number of piperazine rings is 1. The normalized spacial score (nSPS) is 17.9. The van der Waals surface area contributed by atoms with Crippen molar-refractivity contribution in [2.45, 2.75) is 19.4 Å². The fourth-order valence-corrected chi connectivity index (χ4v) is 2.32. The molecule has 0 bridgehead atoms. The standard InChI is InChI=1S/C13H16FN3O3/c1-13(2)8-15-3-4-16(13)12(18)9-5-10(14)7-11(6-9)17(19)20/h5-7,15H,3-4,8H2,1-2H3. The fourth-order valence-electron chi connectivity index (χ4n) is 2.32. The van der Waals surface area contributed by atoms with Gasteiger partial charge in [0.25, 0.3) is 11.6 Å². The van der Waals surface area contributed by atoms with Gasteiger partial charge in [0.1, 0.15) is 5.82 Å². The maximum atomic E-state index is 13.4. The van der Waals surface area contributed by atoms with E-state index in [1.54, 1.807) is 4.90 Å². The second-order valence-corrected chi connectivity index (χ2v) is 5.40. The van der Waals surface area contributed by atoms with E-state index in [1.807, 2.05) is 13.8 Å². The molecule has 1 aliphatic rings. The van der Waals surface area contributed by atoms with E-state index in [2.05, 4.69) is 5.32 Å². The first-order valence-corrected chi connectivity index (χ1v) is 6.29. The van der Waals surface area contributed by atoms with E-state index >= 15 is 0 Å². The highest BCUT2D eigenvalue weighted by molar-refractivity contribution is 5.95. The van der Waals surface area contributed by atoms with Crippen LogP contribution in [0.4, 0.5) is 10.1 Å². The van der Waals surface area contributed by atoms with Gasteiger partial charge in [-0.15, -0.1) is 0 Å². The number of halogens is 1. The van der Waals surface area contributed by atoms with Crippen molar-refractivity contribution in [2.24, 2.45) is 0 Å². The van der Waals surface area contributed by atoms with Crippen LogP contribution in [0.25, 0.3) is 0 Å². The second kappa shape index (κ2) is 5.16. The molecule has 1 saturated heterocycles. The lowest BCUT2D eigenvalue weighted by molar-refractivity contribution is -0.385. The summed E-state index contributed by atoms with van der Waals surface area (Å²) in [5.74, 6) is -1.17. The van der Waals surface area contributed by atoms with Gasteiger partial charge in [-0.05, 0) is 19.9 Å². The Morgan fingerprint density at radius 1 is 1.45 bits per heavy atom. The Balaban J connectivity index is 2.35. The summed E-state index contributed by atoms with van der Waals surface area (Å²) in [6.45, 7) is 5.54. The number of hydrogen-bond acceptors (Lipinski definition) is 4. The Kier molecular flexibility index (Phi) is 3.71. The zero-order valence-electron chi connectivity index (χ0n) is 11.4. The minimum absolute atomic E-state index is 0.00618. The first kappa shape index (κ1) is 14.4. The van der Waals surface area contributed by atoms with Crippen molar-refractivity contribution in [3.8, 4) is 0 Å². The van der Waals surface area contributed by atoms with Gasteiger partial charge < -0.3 is 10.2 Å². The van der Waals surface area contributed by atoms with Crippen molar-refractivity contribution in [3.63, 3.8) is 0 Å². The zero-order chi connectivity index (χ0) is 14.9. The van der Waals surface area contributed by atoms with Gasteiger partial charge in [0.2, 0.25) is 0 Å². The number of nitrogens with one attached hydrogen (secondary N) is 1. The maximum absolute atomic E-state index is 13.4. The molecule has 1 amide bonds. The molecule has 0 saturated carbocycles. The van der Waals surface area contributed by atoms with Crippen LogP contribution < -0.4 is 5.32 Å². The average molecular weight is 281 g/mol. The van der Waals surface area contributed by atoms with E-state index in [1.165, 1.54) is 0 Å². The van der Waals surface area contributed by atoms with Gasteiger partial charge in [0.15, 0.2) is 0 Å². The number of benzene rings is 1. The molecule has 1 fully saturated rings. The van der Waals surface area contributed by atoms with E-state index in [4.69, 9.17) is 0 Å². The highest BCUT2D eigenvalue weighted by atomic mass is 19.1. The van der Waals surface area contributed by atoms with Crippen LogP contribution in [-0.2, 0) is 0 Å². The monoisotopic (exact) mass is 281 g/mol. The van der Waals surface area contributed by atoms with Crippen molar-refractivity contribution in [3.05, 3.63) is 39.7 Å². The summed E-state index contributed by atoms with van der Waals surface area (Å²) in [5, 5.41) is 13.9. The summed E-state index contributed by atoms with van der Waals surface area (Å²) in [5.41, 5.74) is -0.829. The van der Waals surface area contributed by atoms with Crippen LogP contribution in [0, 0.1) is 15.9 Å². The van der Waals surface area contributed by atoms with Crippen LogP contribution in [0.3, 0.4) is 0 Å². The summed E-state index contributed by atoms with van der Waals surface area (Å²) in [4.78, 5) is 24.1. The topological polar surface area (TPSA) is 75.5 Å². The van der Waals surface area contributed by atoms with Gasteiger partial charge in [-0.3, -0.25) is 14.9 Å². The van der Waals surface area contributed by atoms with Crippen LogP contribution in [0.5, 0.6) is 0 Å². The molecule has 20 heavy (non-hydrogen) atoms. The SMILES string of the molecule is CC1(C)CNCCN1C(=O)c1cc(F)cc([N+](=O)[O-])c1. The Bertz CT molecular complexity index is 560. The molecule has 0 aliphatic carbocycles. The third-order valence-corrected chi connectivity index (χ3v) is 3.39. The summed E-state index contributed by atoms with van der Waals surface area (Å²) in [6.07, 6.45) is 0. The predicted octanol–water partition coefficient (Wildman–Crippen LogP) is 1.56. The second-order valence-electron chi connectivity index (χ2n) is 5.40. The molecule has 0 atom stereocenters. The highest BCUT2D eigenvalue weighted by Gasteiger charge is 2.34. The lowest BCUT2D eigenvalue weighted by Crippen LogP contribution is -2.59. The van der Waals surface area contributed by atoms with E-state index in [0.29, 0.717) is 19.6 Å². The lowest BCUT2D eigenvalue weighted by atomic mass is 9.98. The number of nitro benzene ring substituents is 1. The summed E-state index contributed by atoms with van der Waals surface area (Å²) in [7, 11) is 0. The molecule has 1 N–H and O–H groups in total. The lowest BCUT2D eigenvalue weighted by Gasteiger charge is -2.42. The van der Waals surface area contributed by atoms with E-state index in [-0.39, 0.29) is 11.5 Å². The van der Waals surface area contributed by atoms with Crippen molar-refractivity contribution >= 4 is 11.6 Å². The Hall–Kier alpha value is -2.02. The maximum Gasteiger partial charge on any atom is 0.273 e. The molecular weight excluding hydrogens is 265 g/mol. The predicted molar refractivity (Wildman–Crippen MR) is 71.0 cm³/mol. The molecule has 2 rings (SSSR count). The minimum atomic E-state index is -0.782. The molecule has 1 aromatic rings. The molecule has 1 aromatic carbocycles. The zero-order valence-corrected chi connectivity index (χ0v) is 11.4. The molecule has 7 heteroatoms. The van der Waals surface area contributed by atoms with Gasteiger partial charge in [-0.25, -0.2) is 4.39 Å². The third kappa shape index (κ3) is 2.77. The quantitative estimate of drug-likeness (QED) is 0.659. The van der Waals surface area contributed by atoms with Crippen molar-refractivity contribution < 1.29 is 14.1 Å². The molecule has 1 aliphatic heterocycles. The van der Waals surface area contributed by atoms with Gasteiger partial charge in [0.05, 0.1) is 16.5 Å². The Morgan fingerprint density at radius 2 is 2.15 bits per heavy atom. The molecule has 0 spiro atoms. The molecule has 6 nitrogen and oxygen atoms in total. The smallest absolute Gasteiger partial charge is 0.273 e. The minimum Gasteiger partial charge on any atom is -0.331 e. The number of rotatable bonds is 2. The number of nitro groups is 1. The number of nitrogens with zero attached hydrogens (tertiary/aromatic N) is 2. The summed E-state index contributed by atoms with van der Waals surface area (Å²) < 4.78 is 13.4. The van der Waals surface area contributed by atoms with Gasteiger partial charge in [-0.1, -0.05) is 0 Å². The number of carbonyl (C=O) groups is 1. The molecule has 0 aromatic heterocycles. The van der Waals surface area contributed by atoms with Crippen LogP contribution in [0.2, 0.25) is 0 Å². The van der Waals surface area contributed by atoms with Gasteiger partial charge >= 0.3 is 0 Å². The van der Waals surface area contributed by atoms with Crippen LogP contribution >= 0.6 is 0 Å². The summed E-state index contributed by atoms with van der Waals surface area (Å²) in [6, 6.07) is 2.96. The van der Waals surface area contributed by atoms with Crippen LogP contribution in [-0.4, -0.2) is 40.9 Å². The molecular formula is C13H16FN3O3. The number of amides is 1. The third-order valence-electron chi connectivity index (χ3n) is 3.39. The fraction of sp³-hybridized carbons (Fsp3) is 0.462. The largest absolute Gasteiger partial charge is 0.331 e. The van der Waals surface area contributed by atoms with Gasteiger partial charge in [-0.2, -0.15) is 0 Å². The van der Waals surface area contributed by atoms with Crippen LogP contribution in [0.15, 0.2) is 18.2 Å². The Morgan fingerprint density at radius 3 is 2.75 bits per heavy atom. The number of carbonyl (C=O) groups excluding carboxylic acids is 1. The number of hydrogen-bond donors (Lipinski definition) is 1. The average Bonchev–Trinajstić information content (AvgIpc) is 2.36. The molecule has 0 radical (unpaired) electrons. The highest BCUT2D eigenvalue weighted by Crippen LogP contribution is 2.22.